The van der Waals surface area contributed by atoms with Crippen molar-refractivity contribution >= 4 is 62.1 Å². The predicted molar refractivity (Wildman–Crippen MR) is 122 cm³/mol. The zero-order chi connectivity index (χ0) is 21.9. The fraction of sp³-hybridized carbons (Fsp3) is 0.0952. The molecule has 0 aromatic heterocycles. The number of anilines is 2. The molecule has 0 fully saturated rings. The molecule has 3 aromatic rings. The summed E-state index contributed by atoms with van der Waals surface area (Å²) in [6.45, 7) is 1.21. The van der Waals surface area contributed by atoms with Gasteiger partial charge in [0.2, 0.25) is 5.91 Å². The molecule has 156 valence electrons. The summed E-state index contributed by atoms with van der Waals surface area (Å²) in [7, 11) is -4.04. The molecular formula is C21H17Cl3N2O3S. The van der Waals surface area contributed by atoms with Crippen LogP contribution in [0.25, 0.3) is 0 Å². The van der Waals surface area contributed by atoms with E-state index in [1.165, 1.54) is 12.1 Å². The molecule has 30 heavy (non-hydrogen) atoms. The van der Waals surface area contributed by atoms with Gasteiger partial charge in [-0.25, -0.2) is 8.42 Å². The Kier molecular flexibility index (Phi) is 6.93. The fourth-order valence-corrected chi connectivity index (χ4v) is 4.82. The van der Waals surface area contributed by atoms with E-state index < -0.39 is 22.5 Å². The smallest absolute Gasteiger partial charge is 0.264 e. The minimum atomic E-state index is -4.04. The topological polar surface area (TPSA) is 66.5 Å². The summed E-state index contributed by atoms with van der Waals surface area (Å²) in [5, 5.41) is 3.44. The van der Waals surface area contributed by atoms with Gasteiger partial charge in [0.1, 0.15) is 6.54 Å². The number of benzene rings is 3. The van der Waals surface area contributed by atoms with Crippen LogP contribution in [0.1, 0.15) is 5.56 Å². The van der Waals surface area contributed by atoms with E-state index in [0.717, 1.165) is 4.31 Å². The summed E-state index contributed by atoms with van der Waals surface area (Å²) in [6.07, 6.45) is 0. The van der Waals surface area contributed by atoms with E-state index in [-0.39, 0.29) is 20.6 Å². The molecule has 5 nitrogen and oxygen atoms in total. The maximum Gasteiger partial charge on any atom is 0.264 e. The molecular weight excluding hydrogens is 467 g/mol. The Labute approximate surface area is 190 Å². The highest BCUT2D eigenvalue weighted by Gasteiger charge is 2.29. The van der Waals surface area contributed by atoms with Crippen LogP contribution in [-0.2, 0) is 14.8 Å². The Bertz CT molecular complexity index is 1190. The molecule has 3 aromatic carbocycles. The molecule has 1 amide bonds. The van der Waals surface area contributed by atoms with Gasteiger partial charge in [0.05, 0.1) is 26.3 Å². The van der Waals surface area contributed by atoms with Crippen LogP contribution in [0.3, 0.4) is 0 Å². The molecule has 3 rings (SSSR count). The van der Waals surface area contributed by atoms with Crippen LogP contribution in [-0.4, -0.2) is 20.9 Å². The van der Waals surface area contributed by atoms with Crippen LogP contribution >= 0.6 is 34.8 Å². The zero-order valence-corrected chi connectivity index (χ0v) is 18.9. The van der Waals surface area contributed by atoms with Gasteiger partial charge >= 0.3 is 0 Å². The molecule has 0 saturated heterocycles. The summed E-state index contributed by atoms with van der Waals surface area (Å²) in [5.41, 5.74) is 1.12. The summed E-state index contributed by atoms with van der Waals surface area (Å²) in [6, 6.07) is 17.5. The molecule has 0 saturated carbocycles. The first-order valence-corrected chi connectivity index (χ1v) is 11.4. The number of carbonyl (C=O) groups is 1. The van der Waals surface area contributed by atoms with Gasteiger partial charge in [0, 0.05) is 5.02 Å². The Morgan fingerprint density at radius 3 is 2.23 bits per heavy atom. The second-order valence-electron chi connectivity index (χ2n) is 6.36. The number of carbonyl (C=O) groups excluding carboxylic acids is 1. The van der Waals surface area contributed by atoms with Crippen molar-refractivity contribution in [2.24, 2.45) is 0 Å². The van der Waals surface area contributed by atoms with Crippen molar-refractivity contribution < 1.29 is 13.2 Å². The Morgan fingerprint density at radius 1 is 0.900 bits per heavy atom. The zero-order valence-electron chi connectivity index (χ0n) is 15.8. The van der Waals surface area contributed by atoms with Crippen LogP contribution in [0, 0.1) is 6.92 Å². The van der Waals surface area contributed by atoms with Crippen LogP contribution in [0.5, 0.6) is 0 Å². The molecule has 9 heteroatoms. The molecule has 0 spiro atoms. The van der Waals surface area contributed by atoms with Gasteiger partial charge in [0.15, 0.2) is 0 Å². The summed E-state index contributed by atoms with van der Waals surface area (Å²) in [4.78, 5) is 12.8. The molecule has 0 radical (unpaired) electrons. The molecule has 0 atom stereocenters. The fourth-order valence-electron chi connectivity index (χ4n) is 2.81. The molecule has 0 aliphatic heterocycles. The molecule has 0 bridgehead atoms. The van der Waals surface area contributed by atoms with Gasteiger partial charge in [-0.15, -0.1) is 0 Å². The second-order valence-corrected chi connectivity index (χ2v) is 9.41. The molecule has 0 aliphatic rings. The lowest BCUT2D eigenvalue weighted by atomic mass is 10.2. The maximum absolute atomic E-state index is 13.4. The minimum absolute atomic E-state index is 0.0537. The van der Waals surface area contributed by atoms with E-state index in [1.807, 2.05) is 0 Å². The second kappa shape index (κ2) is 9.27. The Morgan fingerprint density at radius 2 is 1.53 bits per heavy atom. The number of amides is 1. The lowest BCUT2D eigenvalue weighted by Crippen LogP contribution is -2.38. The van der Waals surface area contributed by atoms with Gasteiger partial charge < -0.3 is 5.32 Å². The highest BCUT2D eigenvalue weighted by atomic mass is 35.5. The standard InChI is InChI=1S/C21H17Cl3N2O3S/c1-14-16(22)9-6-12-19(14)26(30(28,29)15-7-3-2-4-8-15)13-20(27)25-18-11-5-10-17(23)21(18)24/h2-12H,13H2,1H3,(H,25,27). The lowest BCUT2D eigenvalue weighted by Gasteiger charge is -2.26. The van der Waals surface area contributed by atoms with E-state index in [4.69, 9.17) is 34.8 Å². The van der Waals surface area contributed by atoms with Crippen molar-refractivity contribution in [3.8, 4) is 0 Å². The first-order valence-electron chi connectivity index (χ1n) is 8.78. The van der Waals surface area contributed by atoms with Crippen LogP contribution in [0.15, 0.2) is 71.6 Å². The van der Waals surface area contributed by atoms with E-state index >= 15 is 0 Å². The summed E-state index contributed by atoms with van der Waals surface area (Å²) in [5.74, 6) is -0.585. The normalized spacial score (nSPS) is 11.2. The number of halogens is 3. The Hall–Kier alpha value is -2.25. The third-order valence-corrected chi connectivity index (χ3v) is 7.35. The van der Waals surface area contributed by atoms with Crippen molar-refractivity contribution in [3.63, 3.8) is 0 Å². The van der Waals surface area contributed by atoms with Crippen molar-refractivity contribution in [2.45, 2.75) is 11.8 Å². The minimum Gasteiger partial charge on any atom is -0.323 e. The predicted octanol–water partition coefficient (Wildman–Crippen LogP) is 5.79. The molecule has 0 aliphatic carbocycles. The quantitative estimate of drug-likeness (QED) is 0.482. The van der Waals surface area contributed by atoms with Crippen LogP contribution < -0.4 is 9.62 Å². The van der Waals surface area contributed by atoms with E-state index in [9.17, 15) is 13.2 Å². The van der Waals surface area contributed by atoms with E-state index in [1.54, 1.807) is 61.5 Å². The lowest BCUT2D eigenvalue weighted by molar-refractivity contribution is -0.114. The number of rotatable bonds is 6. The third-order valence-electron chi connectivity index (χ3n) is 4.35. The van der Waals surface area contributed by atoms with Crippen molar-refractivity contribution in [3.05, 3.63) is 87.4 Å². The Balaban J connectivity index is 2.01. The third kappa shape index (κ3) is 4.73. The average molecular weight is 484 g/mol. The van der Waals surface area contributed by atoms with Gasteiger partial charge in [-0.3, -0.25) is 9.10 Å². The van der Waals surface area contributed by atoms with Gasteiger partial charge in [0.25, 0.3) is 10.0 Å². The number of nitrogens with one attached hydrogen (secondary N) is 1. The molecule has 0 unspecified atom stereocenters. The van der Waals surface area contributed by atoms with Crippen molar-refractivity contribution in [1.82, 2.24) is 0 Å². The first kappa shape index (κ1) is 22.4. The average Bonchev–Trinajstić information content (AvgIpc) is 2.72. The SMILES string of the molecule is Cc1c(Cl)cccc1N(CC(=O)Nc1cccc(Cl)c1Cl)S(=O)(=O)c1ccccc1. The van der Waals surface area contributed by atoms with Gasteiger partial charge in [-0.05, 0) is 48.9 Å². The summed E-state index contributed by atoms with van der Waals surface area (Å²) < 4.78 is 27.7. The summed E-state index contributed by atoms with van der Waals surface area (Å²) >= 11 is 18.3. The molecule has 0 heterocycles. The number of hydrogen-bond donors (Lipinski definition) is 1. The largest absolute Gasteiger partial charge is 0.323 e. The first-order chi connectivity index (χ1) is 14.2. The van der Waals surface area contributed by atoms with E-state index in [2.05, 4.69) is 5.32 Å². The highest BCUT2D eigenvalue weighted by Crippen LogP contribution is 2.32. The van der Waals surface area contributed by atoms with E-state index in [0.29, 0.717) is 16.3 Å². The van der Waals surface area contributed by atoms with Crippen LogP contribution in [0.4, 0.5) is 11.4 Å². The van der Waals surface area contributed by atoms with Gasteiger partial charge in [-0.2, -0.15) is 0 Å². The molecule has 1 N–H and O–H groups in total. The number of nitrogens with zero attached hydrogens (tertiary/aromatic N) is 1. The van der Waals surface area contributed by atoms with Crippen molar-refractivity contribution in [2.75, 3.05) is 16.2 Å². The van der Waals surface area contributed by atoms with Crippen molar-refractivity contribution in [1.29, 1.82) is 0 Å². The van der Waals surface area contributed by atoms with Crippen LogP contribution in [0.2, 0.25) is 15.1 Å². The highest BCUT2D eigenvalue weighted by molar-refractivity contribution is 7.92. The number of hydrogen-bond acceptors (Lipinski definition) is 3. The number of sulfonamides is 1. The monoisotopic (exact) mass is 482 g/mol. The van der Waals surface area contributed by atoms with Gasteiger partial charge in [-0.1, -0.05) is 65.1 Å². The maximum atomic E-state index is 13.4.